The molecule has 0 saturated carbocycles. The zero-order valence-electron chi connectivity index (χ0n) is 8.35. The zero-order valence-corrected chi connectivity index (χ0v) is 8.35. The van der Waals surface area contributed by atoms with E-state index in [2.05, 4.69) is 13.8 Å². The number of nitrogens with two attached hydrogens (primary N) is 1. The van der Waals surface area contributed by atoms with E-state index >= 15 is 0 Å². The highest BCUT2D eigenvalue weighted by molar-refractivity contribution is 4.74. The first kappa shape index (κ1) is 10.9. The van der Waals surface area contributed by atoms with Crippen molar-refractivity contribution in [2.24, 2.45) is 5.73 Å². The first-order valence-corrected chi connectivity index (χ1v) is 4.27. The highest BCUT2D eigenvalue weighted by Crippen LogP contribution is 2.17. The summed E-state index contributed by atoms with van der Waals surface area (Å²) in [5.74, 6) is 0. The summed E-state index contributed by atoms with van der Waals surface area (Å²) in [6.45, 7) is 10.3. The van der Waals surface area contributed by atoms with Crippen LogP contribution in [-0.4, -0.2) is 17.7 Å². The smallest absolute Gasteiger partial charge is 0.0644 e. The summed E-state index contributed by atoms with van der Waals surface area (Å²) in [6.07, 6.45) is 1.19. The number of ether oxygens (including phenoxy) is 1. The van der Waals surface area contributed by atoms with Crippen molar-refractivity contribution in [3.05, 3.63) is 0 Å². The standard InChI is InChI=1S/C9H21NO/c1-7(2)11-9(4,5)6-8(3)10/h7-8H,6,10H2,1-5H3. The van der Waals surface area contributed by atoms with Crippen molar-refractivity contribution >= 4 is 0 Å². The van der Waals surface area contributed by atoms with Crippen LogP contribution < -0.4 is 5.73 Å². The maximum atomic E-state index is 5.67. The van der Waals surface area contributed by atoms with Crippen molar-refractivity contribution in [3.8, 4) is 0 Å². The van der Waals surface area contributed by atoms with Gasteiger partial charge in [0, 0.05) is 6.04 Å². The molecule has 0 spiro atoms. The molecular weight excluding hydrogens is 138 g/mol. The Morgan fingerprint density at radius 1 is 1.27 bits per heavy atom. The van der Waals surface area contributed by atoms with Crippen LogP contribution in [0.2, 0.25) is 0 Å². The molecule has 2 heteroatoms. The predicted octanol–water partition coefficient (Wildman–Crippen LogP) is 1.93. The molecule has 0 saturated heterocycles. The van der Waals surface area contributed by atoms with E-state index in [0.29, 0.717) is 0 Å². The fourth-order valence-electron chi connectivity index (χ4n) is 1.46. The molecule has 2 N–H and O–H groups in total. The van der Waals surface area contributed by atoms with Crippen molar-refractivity contribution in [2.45, 2.75) is 58.8 Å². The van der Waals surface area contributed by atoms with Crippen LogP contribution in [-0.2, 0) is 4.74 Å². The number of hydrogen-bond donors (Lipinski definition) is 1. The van der Waals surface area contributed by atoms with Crippen molar-refractivity contribution < 1.29 is 4.74 Å². The molecule has 0 radical (unpaired) electrons. The van der Waals surface area contributed by atoms with Gasteiger partial charge >= 0.3 is 0 Å². The van der Waals surface area contributed by atoms with E-state index in [1.807, 2.05) is 20.8 Å². The molecule has 0 rings (SSSR count). The molecule has 0 aliphatic carbocycles. The van der Waals surface area contributed by atoms with Crippen molar-refractivity contribution in [1.29, 1.82) is 0 Å². The lowest BCUT2D eigenvalue weighted by atomic mass is 10.0. The van der Waals surface area contributed by atoms with Gasteiger partial charge in [-0.05, 0) is 41.0 Å². The quantitative estimate of drug-likeness (QED) is 0.680. The second kappa shape index (κ2) is 4.07. The number of hydrogen-bond acceptors (Lipinski definition) is 2. The fourth-order valence-corrected chi connectivity index (χ4v) is 1.46. The van der Waals surface area contributed by atoms with E-state index in [-0.39, 0.29) is 17.7 Å². The van der Waals surface area contributed by atoms with Crippen LogP contribution in [0.25, 0.3) is 0 Å². The van der Waals surface area contributed by atoms with Crippen LogP contribution in [0.5, 0.6) is 0 Å². The monoisotopic (exact) mass is 159 g/mol. The molecule has 0 aliphatic heterocycles. The summed E-state index contributed by atoms with van der Waals surface area (Å²) in [6, 6.07) is 0.212. The third-order valence-electron chi connectivity index (χ3n) is 1.37. The highest BCUT2D eigenvalue weighted by Gasteiger charge is 2.21. The Kier molecular flexibility index (Phi) is 4.04. The van der Waals surface area contributed by atoms with E-state index in [1.165, 1.54) is 0 Å². The molecular formula is C9H21NO. The number of rotatable bonds is 4. The van der Waals surface area contributed by atoms with Gasteiger partial charge in [-0.15, -0.1) is 0 Å². The van der Waals surface area contributed by atoms with Crippen LogP contribution in [0.1, 0.15) is 41.0 Å². The SMILES string of the molecule is CC(N)CC(C)(C)OC(C)C. The van der Waals surface area contributed by atoms with Crippen LogP contribution >= 0.6 is 0 Å². The lowest BCUT2D eigenvalue weighted by Crippen LogP contribution is -2.34. The molecule has 0 heterocycles. The van der Waals surface area contributed by atoms with E-state index < -0.39 is 0 Å². The Balaban J connectivity index is 3.79. The third-order valence-corrected chi connectivity index (χ3v) is 1.37. The van der Waals surface area contributed by atoms with Gasteiger partial charge in [-0.25, -0.2) is 0 Å². The first-order chi connectivity index (χ1) is 4.83. The predicted molar refractivity (Wildman–Crippen MR) is 48.6 cm³/mol. The third kappa shape index (κ3) is 6.32. The van der Waals surface area contributed by atoms with Crippen molar-refractivity contribution in [1.82, 2.24) is 0 Å². The Bertz CT molecular complexity index is 96.1. The lowest BCUT2D eigenvalue weighted by molar-refractivity contribution is -0.0627. The summed E-state index contributed by atoms with van der Waals surface area (Å²) >= 11 is 0. The van der Waals surface area contributed by atoms with E-state index in [0.717, 1.165) is 6.42 Å². The first-order valence-electron chi connectivity index (χ1n) is 4.27. The summed E-state index contributed by atoms with van der Waals surface area (Å²) < 4.78 is 5.67. The second-order valence-corrected chi connectivity index (χ2v) is 4.11. The molecule has 68 valence electrons. The van der Waals surface area contributed by atoms with Crippen molar-refractivity contribution in [3.63, 3.8) is 0 Å². The molecule has 0 aromatic carbocycles. The Morgan fingerprint density at radius 2 is 1.73 bits per heavy atom. The molecule has 1 unspecified atom stereocenters. The van der Waals surface area contributed by atoms with Gasteiger partial charge in [0.2, 0.25) is 0 Å². The molecule has 2 nitrogen and oxygen atoms in total. The van der Waals surface area contributed by atoms with Gasteiger partial charge in [0.15, 0.2) is 0 Å². The Hall–Kier alpha value is -0.0800. The van der Waals surface area contributed by atoms with Gasteiger partial charge in [-0.3, -0.25) is 0 Å². The summed E-state index contributed by atoms with van der Waals surface area (Å²) in [7, 11) is 0. The lowest BCUT2D eigenvalue weighted by Gasteiger charge is -2.29. The molecule has 0 amide bonds. The van der Waals surface area contributed by atoms with Gasteiger partial charge in [0.1, 0.15) is 0 Å². The normalized spacial score (nSPS) is 15.5. The molecule has 0 fully saturated rings. The minimum atomic E-state index is -0.0810. The van der Waals surface area contributed by atoms with E-state index in [1.54, 1.807) is 0 Å². The van der Waals surface area contributed by atoms with E-state index in [4.69, 9.17) is 10.5 Å². The molecule has 11 heavy (non-hydrogen) atoms. The van der Waals surface area contributed by atoms with Gasteiger partial charge in [0.25, 0.3) is 0 Å². The van der Waals surface area contributed by atoms with Gasteiger partial charge in [-0.1, -0.05) is 0 Å². The molecule has 0 aromatic heterocycles. The topological polar surface area (TPSA) is 35.2 Å². The summed E-state index contributed by atoms with van der Waals surface area (Å²) in [5.41, 5.74) is 5.59. The maximum Gasteiger partial charge on any atom is 0.0644 e. The van der Waals surface area contributed by atoms with Gasteiger partial charge in [0.05, 0.1) is 11.7 Å². The molecule has 1 atom stereocenters. The maximum absolute atomic E-state index is 5.67. The molecule has 0 aliphatic rings. The zero-order chi connectivity index (χ0) is 9.07. The Morgan fingerprint density at radius 3 is 2.00 bits per heavy atom. The van der Waals surface area contributed by atoms with Crippen LogP contribution in [0.15, 0.2) is 0 Å². The highest BCUT2D eigenvalue weighted by atomic mass is 16.5. The van der Waals surface area contributed by atoms with Crippen LogP contribution in [0.4, 0.5) is 0 Å². The molecule has 0 bridgehead atoms. The van der Waals surface area contributed by atoms with Gasteiger partial charge < -0.3 is 10.5 Å². The minimum Gasteiger partial charge on any atom is -0.373 e. The Labute approximate surface area is 70.1 Å². The summed E-state index contributed by atoms with van der Waals surface area (Å²) in [4.78, 5) is 0. The summed E-state index contributed by atoms with van der Waals surface area (Å²) in [5, 5.41) is 0. The largest absolute Gasteiger partial charge is 0.373 e. The van der Waals surface area contributed by atoms with Gasteiger partial charge in [-0.2, -0.15) is 0 Å². The minimum absolute atomic E-state index is 0.0810. The average molecular weight is 159 g/mol. The van der Waals surface area contributed by atoms with Crippen LogP contribution in [0.3, 0.4) is 0 Å². The van der Waals surface area contributed by atoms with E-state index in [9.17, 15) is 0 Å². The fraction of sp³-hybridized carbons (Fsp3) is 1.00. The average Bonchev–Trinajstić information content (AvgIpc) is 1.53. The molecule has 0 aromatic rings. The van der Waals surface area contributed by atoms with Crippen molar-refractivity contribution in [2.75, 3.05) is 0 Å². The second-order valence-electron chi connectivity index (χ2n) is 4.11. The van der Waals surface area contributed by atoms with Crippen LogP contribution in [0, 0.1) is 0 Å².